The molecule has 7 nitrogen and oxygen atoms in total. The molecular formula is C19H22N2O5. The molecule has 2 rings (SSSR count). The number of amides is 1. The van der Waals surface area contributed by atoms with E-state index in [-0.39, 0.29) is 19.1 Å². The zero-order valence-corrected chi connectivity index (χ0v) is 14.6. The first-order chi connectivity index (χ1) is 12.7. The third kappa shape index (κ3) is 7.23. The molecule has 0 spiro atoms. The number of rotatable bonds is 10. The van der Waals surface area contributed by atoms with E-state index in [2.05, 4.69) is 10.6 Å². The molecule has 0 fully saturated rings. The Hall–Kier alpha value is -3.06. The van der Waals surface area contributed by atoms with Gasteiger partial charge in [0.05, 0.1) is 6.61 Å². The third-order valence-corrected chi connectivity index (χ3v) is 3.27. The average Bonchev–Trinajstić information content (AvgIpc) is 2.67. The molecular weight excluding hydrogens is 336 g/mol. The highest BCUT2D eigenvalue weighted by Crippen LogP contribution is 2.19. The lowest BCUT2D eigenvalue weighted by Gasteiger charge is -2.09. The van der Waals surface area contributed by atoms with Gasteiger partial charge < -0.3 is 24.8 Å². The number of hydrogen-bond donors (Lipinski definition) is 2. The monoisotopic (exact) mass is 358 g/mol. The number of esters is 1. The number of para-hydroxylation sites is 1. The predicted molar refractivity (Wildman–Crippen MR) is 97.5 cm³/mol. The quantitative estimate of drug-likeness (QED) is 0.500. The predicted octanol–water partition coefficient (Wildman–Crippen LogP) is 2.11. The van der Waals surface area contributed by atoms with Gasteiger partial charge in [-0.15, -0.1) is 0 Å². The number of carbonyl (C=O) groups is 2. The van der Waals surface area contributed by atoms with Crippen molar-refractivity contribution < 1.29 is 23.8 Å². The molecule has 0 aromatic heterocycles. The minimum atomic E-state index is -0.613. The van der Waals surface area contributed by atoms with Gasteiger partial charge in [-0.1, -0.05) is 18.2 Å². The maximum atomic E-state index is 11.6. The highest BCUT2D eigenvalue weighted by Gasteiger charge is 2.08. The van der Waals surface area contributed by atoms with Crippen LogP contribution < -0.4 is 15.4 Å². The summed E-state index contributed by atoms with van der Waals surface area (Å²) < 4.78 is 15.0. The van der Waals surface area contributed by atoms with Gasteiger partial charge in [-0.3, -0.25) is 4.79 Å². The van der Waals surface area contributed by atoms with Crippen LogP contribution in [-0.4, -0.2) is 45.4 Å². The Kier molecular flexibility index (Phi) is 7.95. The molecule has 0 bridgehead atoms. The summed E-state index contributed by atoms with van der Waals surface area (Å²) >= 11 is 0. The van der Waals surface area contributed by atoms with E-state index >= 15 is 0 Å². The van der Waals surface area contributed by atoms with Crippen LogP contribution in [0.3, 0.4) is 0 Å². The summed E-state index contributed by atoms with van der Waals surface area (Å²) in [7, 11) is 1.54. The van der Waals surface area contributed by atoms with Crippen LogP contribution >= 0.6 is 0 Å². The van der Waals surface area contributed by atoms with Crippen LogP contribution in [0.4, 0.5) is 11.4 Å². The van der Waals surface area contributed by atoms with Crippen LogP contribution in [0.25, 0.3) is 0 Å². The van der Waals surface area contributed by atoms with Crippen molar-refractivity contribution in [2.75, 3.05) is 38.8 Å². The lowest BCUT2D eigenvalue weighted by molar-refractivity contribution is -0.150. The van der Waals surface area contributed by atoms with Gasteiger partial charge in [-0.2, -0.15) is 0 Å². The Morgan fingerprint density at radius 1 is 0.923 bits per heavy atom. The Bertz CT molecular complexity index is 689. The number of anilines is 2. The lowest BCUT2D eigenvalue weighted by Crippen LogP contribution is -2.32. The summed E-state index contributed by atoms with van der Waals surface area (Å²) in [6.07, 6.45) is 0. The number of methoxy groups -OCH3 is 1. The molecule has 0 saturated heterocycles. The first-order valence-electron chi connectivity index (χ1n) is 8.13. The van der Waals surface area contributed by atoms with Crippen LogP contribution in [0.1, 0.15) is 0 Å². The molecule has 0 aliphatic heterocycles. The van der Waals surface area contributed by atoms with Crippen LogP contribution in [-0.2, 0) is 19.1 Å². The molecule has 2 N–H and O–H groups in total. The van der Waals surface area contributed by atoms with Crippen molar-refractivity contribution in [1.82, 2.24) is 5.32 Å². The number of carbonyl (C=O) groups excluding carboxylic acids is 2. The Balaban J connectivity index is 1.68. The molecule has 26 heavy (non-hydrogen) atoms. The van der Waals surface area contributed by atoms with E-state index in [0.29, 0.717) is 18.9 Å². The second kappa shape index (κ2) is 10.7. The Morgan fingerprint density at radius 2 is 1.62 bits per heavy atom. The van der Waals surface area contributed by atoms with E-state index < -0.39 is 5.97 Å². The minimum Gasteiger partial charge on any atom is -0.482 e. The van der Waals surface area contributed by atoms with Crippen molar-refractivity contribution in [3.8, 4) is 5.75 Å². The molecule has 138 valence electrons. The molecule has 0 radical (unpaired) electrons. The Labute approximate surface area is 152 Å². The van der Waals surface area contributed by atoms with E-state index in [1.54, 1.807) is 12.1 Å². The minimum absolute atomic E-state index is 0.267. The fraction of sp³-hybridized carbons (Fsp3) is 0.263. The molecule has 7 heteroatoms. The summed E-state index contributed by atoms with van der Waals surface area (Å²) in [6.45, 7) is 0.160. The van der Waals surface area contributed by atoms with E-state index in [9.17, 15) is 9.59 Å². The van der Waals surface area contributed by atoms with Crippen LogP contribution in [0, 0.1) is 0 Å². The molecule has 0 heterocycles. The van der Waals surface area contributed by atoms with Crippen molar-refractivity contribution in [3.63, 3.8) is 0 Å². The van der Waals surface area contributed by atoms with Crippen molar-refractivity contribution in [3.05, 3.63) is 54.6 Å². The summed E-state index contributed by atoms with van der Waals surface area (Å²) in [6, 6.07) is 17.0. The molecule has 0 atom stereocenters. The van der Waals surface area contributed by atoms with Gasteiger partial charge in [0.1, 0.15) is 5.75 Å². The van der Waals surface area contributed by atoms with E-state index in [1.165, 1.54) is 7.11 Å². The fourth-order valence-corrected chi connectivity index (χ4v) is 2.00. The van der Waals surface area contributed by atoms with Gasteiger partial charge >= 0.3 is 5.97 Å². The zero-order valence-electron chi connectivity index (χ0n) is 14.6. The highest BCUT2D eigenvalue weighted by molar-refractivity contribution is 5.80. The van der Waals surface area contributed by atoms with Crippen molar-refractivity contribution in [2.24, 2.45) is 0 Å². The maximum absolute atomic E-state index is 11.6. The summed E-state index contributed by atoms with van der Waals surface area (Å²) in [5.74, 6) is -0.463. The largest absolute Gasteiger partial charge is 0.482 e. The summed E-state index contributed by atoms with van der Waals surface area (Å²) in [4.78, 5) is 23.0. The first-order valence-corrected chi connectivity index (χ1v) is 8.13. The van der Waals surface area contributed by atoms with E-state index in [0.717, 1.165) is 11.4 Å². The molecule has 0 aliphatic carbocycles. The van der Waals surface area contributed by atoms with Crippen LogP contribution in [0.15, 0.2) is 54.6 Å². The molecule has 2 aromatic rings. The molecule has 1 amide bonds. The molecule has 0 saturated carbocycles. The number of nitrogens with one attached hydrogen (secondary N) is 2. The second-order valence-electron chi connectivity index (χ2n) is 5.31. The smallest absolute Gasteiger partial charge is 0.344 e. The van der Waals surface area contributed by atoms with Gasteiger partial charge in [0.2, 0.25) is 0 Å². The van der Waals surface area contributed by atoms with Crippen LogP contribution in [0.5, 0.6) is 5.75 Å². The van der Waals surface area contributed by atoms with Crippen molar-refractivity contribution in [1.29, 1.82) is 0 Å². The number of benzene rings is 2. The van der Waals surface area contributed by atoms with Gasteiger partial charge in [0.25, 0.3) is 5.91 Å². The van der Waals surface area contributed by atoms with Crippen molar-refractivity contribution >= 4 is 23.3 Å². The van der Waals surface area contributed by atoms with Gasteiger partial charge in [-0.25, -0.2) is 4.79 Å². The van der Waals surface area contributed by atoms with Crippen molar-refractivity contribution in [2.45, 2.75) is 0 Å². The van der Waals surface area contributed by atoms with E-state index in [4.69, 9.17) is 14.2 Å². The zero-order chi connectivity index (χ0) is 18.6. The molecule has 0 aliphatic rings. The lowest BCUT2D eigenvalue weighted by atomic mass is 10.2. The van der Waals surface area contributed by atoms with E-state index in [1.807, 2.05) is 42.5 Å². The average molecular weight is 358 g/mol. The normalized spacial score (nSPS) is 10.0. The van der Waals surface area contributed by atoms with Gasteiger partial charge in [-0.05, 0) is 36.4 Å². The summed E-state index contributed by atoms with van der Waals surface area (Å²) in [5.41, 5.74) is 1.88. The second-order valence-corrected chi connectivity index (χ2v) is 5.31. The Morgan fingerprint density at radius 3 is 2.31 bits per heavy atom. The summed E-state index contributed by atoms with van der Waals surface area (Å²) in [5, 5.41) is 5.80. The molecule has 0 unspecified atom stereocenters. The third-order valence-electron chi connectivity index (χ3n) is 3.27. The fourth-order valence-electron chi connectivity index (χ4n) is 2.00. The standard InChI is InChI=1S/C19H22N2O5/c1-24-12-11-20-18(22)13-26-19(23)14-25-17-9-7-16(8-10-17)21-15-5-3-2-4-6-15/h2-10,21H,11-14H2,1H3,(H,20,22). The van der Waals surface area contributed by atoms with Gasteiger partial charge in [0, 0.05) is 25.0 Å². The highest BCUT2D eigenvalue weighted by atomic mass is 16.6. The first kappa shape index (κ1) is 19.3. The topological polar surface area (TPSA) is 85.9 Å². The SMILES string of the molecule is COCCNC(=O)COC(=O)COc1ccc(Nc2ccccc2)cc1. The van der Waals surface area contributed by atoms with Crippen LogP contribution in [0.2, 0.25) is 0 Å². The number of hydrogen-bond acceptors (Lipinski definition) is 6. The molecule has 2 aromatic carbocycles. The van der Waals surface area contributed by atoms with Gasteiger partial charge in [0.15, 0.2) is 13.2 Å². The number of ether oxygens (including phenoxy) is 3. The maximum Gasteiger partial charge on any atom is 0.344 e.